The molecule has 2 aromatic heterocycles. The number of nitrogens with one attached hydrogen (secondary N) is 1. The molecule has 0 unspecified atom stereocenters. The maximum Gasteiger partial charge on any atom is 0.225 e. The number of hydrogen-bond acceptors (Lipinski definition) is 5. The van der Waals surface area contributed by atoms with Crippen LogP contribution in [0.15, 0.2) is 78.2 Å². The molecule has 0 aliphatic heterocycles. The van der Waals surface area contributed by atoms with E-state index in [0.717, 1.165) is 22.0 Å². The molecule has 6 nitrogen and oxygen atoms in total. The maximum atomic E-state index is 12.3. The number of aryl methyl sites for hydroxylation is 1. The van der Waals surface area contributed by atoms with E-state index in [4.69, 9.17) is 11.6 Å². The third-order valence-electron chi connectivity index (χ3n) is 4.58. The monoisotopic (exact) mass is 449 g/mol. The number of aromatic nitrogens is 4. The van der Waals surface area contributed by atoms with E-state index in [1.807, 2.05) is 41.0 Å². The summed E-state index contributed by atoms with van der Waals surface area (Å²) in [5.74, 6) is 1.20. The highest BCUT2D eigenvalue weighted by Crippen LogP contribution is 2.29. The lowest BCUT2D eigenvalue weighted by Crippen LogP contribution is -2.12. The highest BCUT2D eigenvalue weighted by Gasteiger charge is 2.18. The average molecular weight is 450 g/mol. The number of carbonyl (C=O) groups is 1. The Morgan fingerprint density at radius 3 is 2.74 bits per heavy atom. The van der Waals surface area contributed by atoms with E-state index >= 15 is 0 Å². The molecule has 2 heterocycles. The van der Waals surface area contributed by atoms with Crippen LogP contribution >= 0.6 is 23.4 Å². The fourth-order valence-corrected chi connectivity index (χ4v) is 4.17. The molecule has 0 atom stereocenters. The zero-order valence-electron chi connectivity index (χ0n) is 16.8. The molecule has 4 rings (SSSR count). The van der Waals surface area contributed by atoms with Gasteiger partial charge in [0.1, 0.15) is 0 Å². The molecule has 1 amide bonds. The second-order valence-electron chi connectivity index (χ2n) is 6.83. The number of benzene rings is 2. The summed E-state index contributed by atoms with van der Waals surface area (Å²) in [4.78, 5) is 16.5. The van der Waals surface area contributed by atoms with Crippen LogP contribution in [0.5, 0.6) is 0 Å². The molecule has 4 aromatic rings. The minimum Gasteiger partial charge on any atom is -0.326 e. The van der Waals surface area contributed by atoms with Gasteiger partial charge >= 0.3 is 0 Å². The van der Waals surface area contributed by atoms with Gasteiger partial charge in [-0.1, -0.05) is 47.6 Å². The first-order valence-corrected chi connectivity index (χ1v) is 11.1. The molecule has 0 bridgehead atoms. The zero-order chi connectivity index (χ0) is 21.6. The Labute approximate surface area is 189 Å². The van der Waals surface area contributed by atoms with Crippen LogP contribution in [0.1, 0.15) is 12.0 Å². The van der Waals surface area contributed by atoms with Gasteiger partial charge in [-0.25, -0.2) is 0 Å². The van der Waals surface area contributed by atoms with Crippen molar-refractivity contribution in [3.8, 4) is 17.1 Å². The lowest BCUT2D eigenvalue weighted by molar-refractivity contribution is -0.115. The van der Waals surface area contributed by atoms with Crippen molar-refractivity contribution in [2.45, 2.75) is 18.5 Å². The van der Waals surface area contributed by atoms with Gasteiger partial charge in [0.2, 0.25) is 5.91 Å². The summed E-state index contributed by atoms with van der Waals surface area (Å²) in [7, 11) is 0. The first-order chi connectivity index (χ1) is 15.1. The van der Waals surface area contributed by atoms with Gasteiger partial charge in [-0.05, 0) is 48.9 Å². The Balaban J connectivity index is 1.53. The summed E-state index contributed by atoms with van der Waals surface area (Å²) < 4.78 is 2.02. The van der Waals surface area contributed by atoms with Crippen molar-refractivity contribution in [2.24, 2.45) is 0 Å². The number of nitrogens with zero attached hydrogens (tertiary/aromatic N) is 4. The van der Waals surface area contributed by atoms with Gasteiger partial charge in [-0.15, -0.1) is 10.2 Å². The molecule has 0 aliphatic rings. The number of rotatable bonds is 7. The van der Waals surface area contributed by atoms with E-state index in [9.17, 15) is 4.79 Å². The molecule has 0 fully saturated rings. The van der Waals surface area contributed by atoms with Gasteiger partial charge in [-0.3, -0.25) is 14.3 Å². The van der Waals surface area contributed by atoms with Crippen LogP contribution in [0.3, 0.4) is 0 Å². The number of thioether (sulfide) groups is 1. The molecule has 31 heavy (non-hydrogen) atoms. The number of para-hydroxylation sites is 1. The Bertz CT molecular complexity index is 1200. The van der Waals surface area contributed by atoms with E-state index < -0.39 is 0 Å². The number of pyridine rings is 1. The van der Waals surface area contributed by atoms with Crippen LogP contribution in [-0.4, -0.2) is 31.4 Å². The number of halogens is 1. The average Bonchev–Trinajstić information content (AvgIpc) is 3.18. The van der Waals surface area contributed by atoms with Crippen LogP contribution < -0.4 is 5.32 Å². The standard InChI is InChI=1S/C23H20ClN5OS/c1-16-6-2-3-10-20(16)29-22(17-7-5-12-25-15-17)27-28-23(29)31-13-11-21(30)26-19-9-4-8-18(24)14-19/h2-10,12,14-15H,11,13H2,1H3,(H,26,30). The van der Waals surface area contributed by atoms with Crippen molar-refractivity contribution in [2.75, 3.05) is 11.1 Å². The molecule has 1 N–H and O–H groups in total. The second-order valence-corrected chi connectivity index (χ2v) is 8.33. The predicted octanol–water partition coefficient (Wildman–Crippen LogP) is 5.41. The van der Waals surface area contributed by atoms with Gasteiger partial charge in [0.25, 0.3) is 0 Å². The largest absolute Gasteiger partial charge is 0.326 e. The van der Waals surface area contributed by atoms with Gasteiger partial charge in [-0.2, -0.15) is 0 Å². The number of anilines is 1. The van der Waals surface area contributed by atoms with Crippen molar-refractivity contribution in [1.82, 2.24) is 19.7 Å². The zero-order valence-corrected chi connectivity index (χ0v) is 18.4. The summed E-state index contributed by atoms with van der Waals surface area (Å²) >= 11 is 7.47. The summed E-state index contributed by atoms with van der Waals surface area (Å²) in [5, 5.41) is 13.0. The van der Waals surface area contributed by atoms with Crippen molar-refractivity contribution < 1.29 is 4.79 Å². The minimum absolute atomic E-state index is 0.0794. The lowest BCUT2D eigenvalue weighted by atomic mass is 10.2. The summed E-state index contributed by atoms with van der Waals surface area (Å²) in [6, 6.07) is 19.0. The first-order valence-electron chi connectivity index (χ1n) is 9.72. The SMILES string of the molecule is Cc1ccccc1-n1c(SCCC(=O)Nc2cccc(Cl)c2)nnc1-c1cccnc1. The predicted molar refractivity (Wildman–Crippen MR) is 125 cm³/mol. The summed E-state index contributed by atoms with van der Waals surface area (Å²) in [6.45, 7) is 2.05. The van der Waals surface area contributed by atoms with Crippen molar-refractivity contribution in [1.29, 1.82) is 0 Å². The number of amides is 1. The minimum atomic E-state index is -0.0794. The molecule has 8 heteroatoms. The third-order valence-corrected chi connectivity index (χ3v) is 5.74. The van der Waals surface area contributed by atoms with Crippen molar-refractivity contribution >= 4 is 35.0 Å². The second kappa shape index (κ2) is 9.76. The molecule has 0 aliphatic carbocycles. The summed E-state index contributed by atoms with van der Waals surface area (Å²) in [6.07, 6.45) is 3.83. The number of carbonyl (C=O) groups excluding carboxylic acids is 1. The van der Waals surface area contributed by atoms with E-state index in [1.165, 1.54) is 11.8 Å². The Kier molecular flexibility index (Phi) is 6.64. The topological polar surface area (TPSA) is 72.7 Å². The smallest absolute Gasteiger partial charge is 0.225 e. The highest BCUT2D eigenvalue weighted by molar-refractivity contribution is 7.99. The quantitative estimate of drug-likeness (QED) is 0.382. The Hall–Kier alpha value is -3.16. The molecule has 0 saturated heterocycles. The van der Waals surface area contributed by atoms with E-state index in [1.54, 1.807) is 30.6 Å². The van der Waals surface area contributed by atoms with Gasteiger partial charge in [0, 0.05) is 40.8 Å². The van der Waals surface area contributed by atoms with Crippen molar-refractivity contribution in [3.63, 3.8) is 0 Å². The fourth-order valence-electron chi connectivity index (χ4n) is 3.10. The van der Waals surface area contributed by atoms with E-state index in [2.05, 4.69) is 33.5 Å². The van der Waals surface area contributed by atoms with Gasteiger partial charge < -0.3 is 5.32 Å². The molecule has 2 aromatic carbocycles. The highest BCUT2D eigenvalue weighted by atomic mass is 35.5. The Morgan fingerprint density at radius 1 is 1.10 bits per heavy atom. The molecule has 0 saturated carbocycles. The first kappa shape index (κ1) is 21.1. The Morgan fingerprint density at radius 2 is 1.97 bits per heavy atom. The normalized spacial score (nSPS) is 10.8. The third kappa shape index (κ3) is 5.13. The van der Waals surface area contributed by atoms with E-state index in [0.29, 0.717) is 28.7 Å². The van der Waals surface area contributed by atoms with Crippen molar-refractivity contribution in [3.05, 3.63) is 83.6 Å². The van der Waals surface area contributed by atoms with Crippen LogP contribution in [0.25, 0.3) is 17.1 Å². The van der Waals surface area contributed by atoms with Crippen LogP contribution in [0.2, 0.25) is 5.02 Å². The molecule has 156 valence electrons. The fraction of sp³-hybridized carbons (Fsp3) is 0.130. The van der Waals surface area contributed by atoms with Gasteiger partial charge in [0.05, 0.1) is 5.69 Å². The van der Waals surface area contributed by atoms with Crippen LogP contribution in [-0.2, 0) is 4.79 Å². The molecular weight excluding hydrogens is 430 g/mol. The van der Waals surface area contributed by atoms with Crippen LogP contribution in [0.4, 0.5) is 5.69 Å². The molecule has 0 radical (unpaired) electrons. The lowest BCUT2D eigenvalue weighted by Gasteiger charge is -2.12. The molecule has 0 spiro atoms. The summed E-state index contributed by atoms with van der Waals surface area (Å²) in [5.41, 5.74) is 3.67. The van der Waals surface area contributed by atoms with Crippen LogP contribution in [0, 0.1) is 6.92 Å². The number of hydrogen-bond donors (Lipinski definition) is 1. The van der Waals surface area contributed by atoms with E-state index in [-0.39, 0.29) is 5.91 Å². The maximum absolute atomic E-state index is 12.3. The molecular formula is C23H20ClN5OS. The van der Waals surface area contributed by atoms with Gasteiger partial charge in [0.15, 0.2) is 11.0 Å².